The van der Waals surface area contributed by atoms with Crippen LogP contribution in [-0.4, -0.2) is 155 Å². The highest BCUT2D eigenvalue weighted by Gasteiger charge is 2.40. The van der Waals surface area contributed by atoms with Gasteiger partial charge < -0.3 is 29.6 Å². The highest BCUT2D eigenvalue weighted by Crippen LogP contribution is 2.39. The van der Waals surface area contributed by atoms with Crippen LogP contribution in [0.4, 0.5) is 0 Å². The van der Waals surface area contributed by atoms with E-state index in [-0.39, 0.29) is 96.0 Å². The number of imide groups is 2. The third-order valence-electron chi connectivity index (χ3n) is 14.1. The van der Waals surface area contributed by atoms with Gasteiger partial charge in [0.05, 0.1) is 27.8 Å². The predicted octanol–water partition coefficient (Wildman–Crippen LogP) is 9.50. The first-order valence-electron chi connectivity index (χ1n) is 27.9. The molecule has 13 unspecified atom stereocenters. The lowest BCUT2D eigenvalue weighted by Gasteiger charge is -2.38. The molecule has 2 rings (SSSR count). The highest BCUT2D eigenvalue weighted by atomic mass is 32.2. The summed E-state index contributed by atoms with van der Waals surface area (Å²) in [5.74, 6) is 1.76. The van der Waals surface area contributed by atoms with E-state index in [4.69, 9.17) is 18.9 Å². The van der Waals surface area contributed by atoms with E-state index in [2.05, 4.69) is 82.2 Å². The molecule has 14 nitrogen and oxygen atoms in total. The molecule has 2 fully saturated rings. The molecule has 0 spiro atoms. The van der Waals surface area contributed by atoms with Crippen LogP contribution in [0, 0.1) is 23.2 Å². The van der Waals surface area contributed by atoms with E-state index >= 15 is 0 Å². The molecule has 6 amide bonds. The lowest BCUT2D eigenvalue weighted by atomic mass is 9.75. The van der Waals surface area contributed by atoms with Crippen LogP contribution in [0.2, 0.25) is 0 Å². The van der Waals surface area contributed by atoms with Gasteiger partial charge in [-0.3, -0.25) is 38.6 Å². The standard InChI is InChI=1S/C54H102N4O10P4S2/c1-10-67-53(8,71)36-43(54(9,72)68-11-2)38-66-30-20-26-56-47(60)24-28-57-48(61)34-44(50(57)63)73-31-17-13-12-15-21-42(52(5,6)7)22-16-14-18-32-74-45-35-49(62)58(51(45)64)27-23-46(59)55-25-19-29-65-37-41(40(4)70)33-39(3)69/h39-45H,10-38,69-72H2,1-9H3,(H,55,59)(H,56,60). The Balaban J connectivity index is 1.56. The fourth-order valence-electron chi connectivity index (χ4n) is 9.53. The first kappa shape index (κ1) is 69.6. The average molecular weight is 1160 g/mol. The van der Waals surface area contributed by atoms with Crippen LogP contribution in [-0.2, 0) is 47.7 Å². The minimum absolute atomic E-state index is 0.0729. The van der Waals surface area contributed by atoms with Crippen LogP contribution in [0.25, 0.3) is 0 Å². The predicted molar refractivity (Wildman–Crippen MR) is 320 cm³/mol. The summed E-state index contributed by atoms with van der Waals surface area (Å²) in [4.78, 5) is 79.3. The van der Waals surface area contributed by atoms with Crippen molar-refractivity contribution in [1.82, 2.24) is 20.4 Å². The molecule has 2 N–H and O–H groups in total. The number of carbonyl (C=O) groups is 6. The number of nitrogens with one attached hydrogen (secondary N) is 2. The molecule has 13 atom stereocenters. The molecule has 2 saturated heterocycles. The van der Waals surface area contributed by atoms with E-state index in [0.717, 1.165) is 75.7 Å². The second-order valence-corrected chi connectivity index (χ2v) is 29.3. The van der Waals surface area contributed by atoms with Gasteiger partial charge >= 0.3 is 0 Å². The van der Waals surface area contributed by atoms with Crippen LogP contribution in [0.5, 0.6) is 0 Å². The Morgan fingerprint density at radius 2 is 1.12 bits per heavy atom. The molecule has 0 aliphatic carbocycles. The second-order valence-electron chi connectivity index (χ2n) is 22.2. The van der Waals surface area contributed by atoms with E-state index < -0.39 is 10.7 Å². The van der Waals surface area contributed by atoms with Gasteiger partial charge in [-0.2, -0.15) is 0 Å². The van der Waals surface area contributed by atoms with Gasteiger partial charge in [0.25, 0.3) is 0 Å². The maximum Gasteiger partial charge on any atom is 0.242 e. The first-order chi connectivity index (χ1) is 34.9. The molecule has 430 valence electrons. The monoisotopic (exact) mass is 1150 g/mol. The average Bonchev–Trinajstić information content (AvgIpc) is 3.74. The van der Waals surface area contributed by atoms with Crippen LogP contribution in [0.15, 0.2) is 0 Å². The van der Waals surface area contributed by atoms with Crippen molar-refractivity contribution in [2.24, 2.45) is 23.2 Å². The summed E-state index contributed by atoms with van der Waals surface area (Å²) in [6.07, 6.45) is 13.7. The van der Waals surface area contributed by atoms with E-state index in [0.29, 0.717) is 88.7 Å². The van der Waals surface area contributed by atoms with Crippen molar-refractivity contribution in [2.75, 3.05) is 77.3 Å². The van der Waals surface area contributed by atoms with Gasteiger partial charge in [-0.15, -0.1) is 60.5 Å². The second kappa shape index (κ2) is 37.4. The summed E-state index contributed by atoms with van der Waals surface area (Å²) in [7, 11) is 11.3. The maximum atomic E-state index is 13.1. The molecular weight excluding hydrogens is 1050 g/mol. The quantitative estimate of drug-likeness (QED) is 0.0338. The van der Waals surface area contributed by atoms with Crippen LogP contribution < -0.4 is 10.6 Å². The summed E-state index contributed by atoms with van der Waals surface area (Å²) < 4.78 is 23.8. The molecule has 20 heteroatoms. The normalized spacial score (nSPS) is 20.1. The van der Waals surface area contributed by atoms with Gasteiger partial charge in [-0.05, 0) is 119 Å². The molecule has 2 aliphatic rings. The number of ether oxygens (including phenoxy) is 4. The number of rotatable bonds is 43. The Morgan fingerprint density at radius 1 is 0.662 bits per heavy atom. The van der Waals surface area contributed by atoms with Gasteiger partial charge in [-0.1, -0.05) is 66.7 Å². The Labute approximate surface area is 466 Å². The van der Waals surface area contributed by atoms with Crippen molar-refractivity contribution in [3.05, 3.63) is 0 Å². The Bertz CT molecular complexity index is 1680. The molecular formula is C54H102N4O10P4S2. The molecule has 0 aromatic carbocycles. The van der Waals surface area contributed by atoms with Gasteiger partial charge in [0, 0.05) is 90.8 Å². The minimum atomic E-state index is -0.466. The zero-order valence-corrected chi connectivity index (χ0v) is 53.4. The number of unbranched alkanes of at least 4 members (excludes halogenated alkanes) is 5. The van der Waals surface area contributed by atoms with Crippen molar-refractivity contribution < 1.29 is 47.7 Å². The van der Waals surface area contributed by atoms with E-state index in [9.17, 15) is 28.8 Å². The number of likely N-dealkylation sites (tertiary alicyclic amines) is 2. The van der Waals surface area contributed by atoms with Crippen molar-refractivity contribution in [3.63, 3.8) is 0 Å². The lowest BCUT2D eigenvalue weighted by Crippen LogP contribution is -2.39. The van der Waals surface area contributed by atoms with Crippen LogP contribution in [0.1, 0.15) is 171 Å². The molecule has 0 bridgehead atoms. The fourth-order valence-corrected chi connectivity index (χ4v) is 13.3. The van der Waals surface area contributed by atoms with Crippen molar-refractivity contribution in [1.29, 1.82) is 0 Å². The number of nitrogens with zero attached hydrogens (tertiary/aromatic N) is 2. The van der Waals surface area contributed by atoms with Gasteiger partial charge in [0.15, 0.2) is 0 Å². The Kier molecular flexibility index (Phi) is 35.2. The summed E-state index contributed by atoms with van der Waals surface area (Å²) in [6, 6.07) is 0. The number of amides is 6. The summed E-state index contributed by atoms with van der Waals surface area (Å²) >= 11 is 3.14. The number of hydrogen-bond acceptors (Lipinski definition) is 12. The van der Waals surface area contributed by atoms with Gasteiger partial charge in [0.2, 0.25) is 35.4 Å². The molecule has 0 saturated carbocycles. The zero-order valence-electron chi connectivity index (χ0n) is 47.2. The topological polar surface area (TPSA) is 170 Å². The number of carbonyl (C=O) groups excluding carboxylic acids is 6. The molecule has 0 radical (unpaired) electrons. The summed E-state index contributed by atoms with van der Waals surface area (Å²) in [6.45, 7) is 24.1. The Morgan fingerprint density at radius 3 is 1.57 bits per heavy atom. The van der Waals surface area contributed by atoms with Gasteiger partial charge in [-0.25, -0.2) is 0 Å². The number of hydrogen-bond donors (Lipinski definition) is 2. The maximum absolute atomic E-state index is 13.1. The zero-order chi connectivity index (χ0) is 55.3. The van der Waals surface area contributed by atoms with E-state index in [1.165, 1.54) is 16.2 Å². The van der Waals surface area contributed by atoms with Crippen molar-refractivity contribution >= 4 is 95.9 Å². The largest absolute Gasteiger partial charge is 0.381 e. The smallest absolute Gasteiger partial charge is 0.242 e. The molecule has 2 aliphatic heterocycles. The van der Waals surface area contributed by atoms with Crippen LogP contribution >= 0.6 is 60.5 Å². The third kappa shape index (κ3) is 28.6. The first-order valence-corrected chi connectivity index (χ1v) is 32.5. The third-order valence-corrected chi connectivity index (χ3v) is 18.5. The SMILES string of the molecule is CCOC(C)(P)CC(COCCCNC(=O)CCN1C(=O)CC(SCCCCCCC(CCCCCSC2CC(=O)N(CCC(=O)NCCCOCC(CC(C)P)C(C)P)C2=O)C(C)(C)C)C1=O)C(C)(P)OCC. The lowest BCUT2D eigenvalue weighted by molar-refractivity contribution is -0.140. The summed E-state index contributed by atoms with van der Waals surface area (Å²) in [5, 5.41) is 4.22. The highest BCUT2D eigenvalue weighted by molar-refractivity contribution is 8.00. The van der Waals surface area contributed by atoms with E-state index in [1.807, 2.05) is 27.7 Å². The van der Waals surface area contributed by atoms with E-state index in [1.54, 1.807) is 23.5 Å². The summed E-state index contributed by atoms with van der Waals surface area (Å²) in [5.41, 5.74) is 1.23. The van der Waals surface area contributed by atoms with Crippen molar-refractivity contribution in [2.45, 2.75) is 204 Å². The van der Waals surface area contributed by atoms with Gasteiger partial charge in [0.1, 0.15) is 0 Å². The van der Waals surface area contributed by atoms with Crippen LogP contribution in [0.3, 0.4) is 0 Å². The minimum Gasteiger partial charge on any atom is -0.381 e. The molecule has 0 aromatic heterocycles. The molecule has 2 heterocycles. The Hall–Kier alpha value is -0.520. The number of thioether (sulfide) groups is 2. The molecule has 0 aromatic rings. The fraction of sp³-hybridized carbons (Fsp3) is 0.889. The van der Waals surface area contributed by atoms with Crippen molar-refractivity contribution in [3.8, 4) is 0 Å². The molecule has 74 heavy (non-hydrogen) atoms.